The van der Waals surface area contributed by atoms with Gasteiger partial charge in [-0.15, -0.1) is 0 Å². The van der Waals surface area contributed by atoms with Gasteiger partial charge in [0.2, 0.25) is 11.8 Å². The summed E-state index contributed by atoms with van der Waals surface area (Å²) in [5.41, 5.74) is 1.84. The van der Waals surface area contributed by atoms with Crippen LogP contribution >= 0.6 is 0 Å². The first-order valence-electron chi connectivity index (χ1n) is 10.8. The van der Waals surface area contributed by atoms with Crippen LogP contribution in [-0.2, 0) is 9.59 Å². The third kappa shape index (κ3) is 5.38. The number of aromatic nitrogens is 1. The smallest absolute Gasteiger partial charge is 0.236 e. The number of hydrogen-bond donors (Lipinski definition) is 2. The zero-order valence-corrected chi connectivity index (χ0v) is 17.8. The number of carbonyl (C=O) groups is 2. The number of aromatic amines is 1. The predicted octanol–water partition coefficient (Wildman–Crippen LogP) is 0.888. The summed E-state index contributed by atoms with van der Waals surface area (Å²) in [6, 6.07) is 7.91. The van der Waals surface area contributed by atoms with Crippen LogP contribution in [0.25, 0.3) is 10.9 Å². The van der Waals surface area contributed by atoms with Crippen molar-refractivity contribution in [2.75, 3.05) is 77.8 Å². The molecule has 2 amide bonds. The molecule has 0 aliphatic carbocycles. The van der Waals surface area contributed by atoms with Gasteiger partial charge < -0.3 is 25.0 Å². The minimum Gasteiger partial charge on any atom is -0.361 e. The standard InChI is InChI=1S/C22H32N6O2/c1-25-8-14-28(15-9-25)22(30)17-27-12-10-26(11-13-27)7-5-21(29)24-19-3-2-18-4-6-23-20(18)16-19/h2-4,6,16,23H,5,7-15,17H2,1H3,(H,24,29). The molecule has 0 atom stereocenters. The lowest BCUT2D eigenvalue weighted by Crippen LogP contribution is -2.53. The summed E-state index contributed by atoms with van der Waals surface area (Å²) in [4.78, 5) is 36.8. The average molecular weight is 413 g/mol. The number of benzene rings is 1. The Morgan fingerprint density at radius 3 is 2.47 bits per heavy atom. The lowest BCUT2D eigenvalue weighted by atomic mass is 10.2. The Morgan fingerprint density at radius 1 is 0.967 bits per heavy atom. The second-order valence-corrected chi connectivity index (χ2v) is 8.38. The first-order chi connectivity index (χ1) is 14.6. The van der Waals surface area contributed by atoms with Crippen LogP contribution in [0.3, 0.4) is 0 Å². The van der Waals surface area contributed by atoms with Crippen LogP contribution in [0.4, 0.5) is 5.69 Å². The van der Waals surface area contributed by atoms with Crippen LogP contribution in [0.15, 0.2) is 30.5 Å². The Bertz CT molecular complexity index is 865. The summed E-state index contributed by atoms with van der Waals surface area (Å²) in [7, 11) is 2.10. The number of H-pyrrole nitrogens is 1. The fourth-order valence-electron chi connectivity index (χ4n) is 4.13. The maximum Gasteiger partial charge on any atom is 0.236 e. The van der Waals surface area contributed by atoms with Crippen molar-refractivity contribution in [2.24, 2.45) is 0 Å². The van der Waals surface area contributed by atoms with E-state index in [-0.39, 0.29) is 11.8 Å². The van der Waals surface area contributed by atoms with Crippen molar-refractivity contribution in [3.05, 3.63) is 30.5 Å². The molecule has 8 heteroatoms. The number of amides is 2. The molecule has 2 N–H and O–H groups in total. The van der Waals surface area contributed by atoms with Crippen LogP contribution < -0.4 is 5.32 Å². The first-order valence-corrected chi connectivity index (χ1v) is 10.8. The molecule has 162 valence electrons. The SMILES string of the molecule is CN1CCN(C(=O)CN2CCN(CCC(=O)Nc3ccc4cc[nH]c4c3)CC2)CC1. The number of anilines is 1. The summed E-state index contributed by atoms with van der Waals surface area (Å²) in [6.45, 7) is 8.41. The second-order valence-electron chi connectivity index (χ2n) is 8.38. The van der Waals surface area contributed by atoms with Gasteiger partial charge in [-0.2, -0.15) is 0 Å². The Hall–Kier alpha value is -2.42. The highest BCUT2D eigenvalue weighted by Crippen LogP contribution is 2.17. The van der Waals surface area contributed by atoms with Gasteiger partial charge in [-0.25, -0.2) is 0 Å². The predicted molar refractivity (Wildman–Crippen MR) is 119 cm³/mol. The van der Waals surface area contributed by atoms with Gasteiger partial charge in [-0.3, -0.25) is 14.5 Å². The number of piperazine rings is 2. The molecule has 0 spiro atoms. The van der Waals surface area contributed by atoms with E-state index in [2.05, 4.69) is 32.0 Å². The minimum absolute atomic E-state index is 0.0357. The van der Waals surface area contributed by atoms with Crippen LogP contribution in [-0.4, -0.2) is 109 Å². The van der Waals surface area contributed by atoms with E-state index in [1.54, 1.807) is 0 Å². The zero-order valence-electron chi connectivity index (χ0n) is 17.8. The fraction of sp³-hybridized carbons (Fsp3) is 0.545. The molecule has 8 nitrogen and oxygen atoms in total. The molecule has 1 aromatic carbocycles. The first kappa shape index (κ1) is 20.8. The molecule has 2 saturated heterocycles. The van der Waals surface area contributed by atoms with E-state index in [0.29, 0.717) is 13.0 Å². The monoisotopic (exact) mass is 412 g/mol. The lowest BCUT2D eigenvalue weighted by molar-refractivity contribution is -0.134. The number of likely N-dealkylation sites (N-methyl/N-ethyl adjacent to an activating group) is 1. The van der Waals surface area contributed by atoms with Crippen molar-refractivity contribution < 1.29 is 9.59 Å². The van der Waals surface area contributed by atoms with Crippen LogP contribution in [0, 0.1) is 0 Å². The molecule has 2 aliphatic heterocycles. The van der Waals surface area contributed by atoms with Crippen molar-refractivity contribution in [3.63, 3.8) is 0 Å². The number of fused-ring (bicyclic) bond motifs is 1. The van der Waals surface area contributed by atoms with Gasteiger partial charge in [0.25, 0.3) is 0 Å². The van der Waals surface area contributed by atoms with Crippen molar-refractivity contribution in [1.82, 2.24) is 24.6 Å². The van der Waals surface area contributed by atoms with Gasteiger partial charge in [0, 0.05) is 82.7 Å². The Balaban J connectivity index is 1.15. The van der Waals surface area contributed by atoms with Crippen molar-refractivity contribution >= 4 is 28.4 Å². The maximum absolute atomic E-state index is 12.5. The number of carbonyl (C=O) groups excluding carboxylic acids is 2. The number of nitrogens with one attached hydrogen (secondary N) is 2. The molecule has 1 aromatic heterocycles. The topological polar surface area (TPSA) is 74.9 Å². The largest absolute Gasteiger partial charge is 0.361 e. The highest BCUT2D eigenvalue weighted by molar-refractivity contribution is 5.93. The molecule has 0 saturated carbocycles. The summed E-state index contributed by atoms with van der Waals surface area (Å²) in [5, 5.41) is 4.12. The third-order valence-corrected chi connectivity index (χ3v) is 6.17. The van der Waals surface area contributed by atoms with Crippen LogP contribution in [0.5, 0.6) is 0 Å². The van der Waals surface area contributed by atoms with Crippen LogP contribution in [0.2, 0.25) is 0 Å². The third-order valence-electron chi connectivity index (χ3n) is 6.17. The van der Waals surface area contributed by atoms with Gasteiger partial charge >= 0.3 is 0 Å². The highest BCUT2D eigenvalue weighted by Gasteiger charge is 2.23. The molecule has 2 aromatic rings. The molecule has 3 heterocycles. The Morgan fingerprint density at radius 2 is 1.70 bits per heavy atom. The van der Waals surface area contributed by atoms with E-state index in [0.717, 1.165) is 75.5 Å². The van der Waals surface area contributed by atoms with E-state index < -0.39 is 0 Å². The normalized spacial score (nSPS) is 19.3. The number of rotatable bonds is 6. The lowest BCUT2D eigenvalue weighted by Gasteiger charge is -2.37. The molecule has 0 bridgehead atoms. The molecular weight excluding hydrogens is 380 g/mol. The second kappa shape index (κ2) is 9.59. The zero-order chi connectivity index (χ0) is 20.9. The average Bonchev–Trinajstić information content (AvgIpc) is 3.21. The minimum atomic E-state index is 0.0357. The van der Waals surface area contributed by atoms with Crippen molar-refractivity contribution in [2.45, 2.75) is 6.42 Å². The molecule has 2 aliphatic rings. The number of nitrogens with zero attached hydrogens (tertiary/aromatic N) is 4. The van der Waals surface area contributed by atoms with Crippen LogP contribution in [0.1, 0.15) is 6.42 Å². The molecule has 0 unspecified atom stereocenters. The van der Waals surface area contributed by atoms with Gasteiger partial charge in [-0.05, 0) is 30.6 Å². The summed E-state index contributed by atoms with van der Waals surface area (Å²) >= 11 is 0. The molecule has 2 fully saturated rings. The van der Waals surface area contributed by atoms with Crippen molar-refractivity contribution in [1.29, 1.82) is 0 Å². The summed E-state index contributed by atoms with van der Waals surface area (Å²) < 4.78 is 0. The van der Waals surface area contributed by atoms with Crippen molar-refractivity contribution in [3.8, 4) is 0 Å². The fourth-order valence-corrected chi connectivity index (χ4v) is 4.13. The Kier molecular flexibility index (Phi) is 6.66. The molecule has 0 radical (unpaired) electrons. The quantitative estimate of drug-likeness (QED) is 0.737. The van der Waals surface area contributed by atoms with E-state index in [9.17, 15) is 9.59 Å². The van der Waals surface area contributed by atoms with E-state index in [1.807, 2.05) is 35.4 Å². The van der Waals surface area contributed by atoms with Gasteiger partial charge in [0.05, 0.1) is 6.54 Å². The summed E-state index contributed by atoms with van der Waals surface area (Å²) in [6.07, 6.45) is 2.37. The highest BCUT2D eigenvalue weighted by atomic mass is 16.2. The van der Waals surface area contributed by atoms with E-state index in [4.69, 9.17) is 0 Å². The molecule has 30 heavy (non-hydrogen) atoms. The maximum atomic E-state index is 12.5. The molecular formula is C22H32N6O2. The van der Waals surface area contributed by atoms with Gasteiger partial charge in [0.15, 0.2) is 0 Å². The number of hydrogen-bond acceptors (Lipinski definition) is 5. The summed E-state index contributed by atoms with van der Waals surface area (Å²) in [5.74, 6) is 0.281. The Labute approximate surface area is 177 Å². The van der Waals surface area contributed by atoms with Gasteiger partial charge in [-0.1, -0.05) is 6.07 Å². The van der Waals surface area contributed by atoms with E-state index in [1.165, 1.54) is 0 Å². The van der Waals surface area contributed by atoms with E-state index >= 15 is 0 Å². The molecule has 4 rings (SSSR count). The van der Waals surface area contributed by atoms with Gasteiger partial charge in [0.1, 0.15) is 0 Å².